The normalized spacial score (nSPS) is 27.0. The molecule has 1 unspecified atom stereocenters. The van der Waals surface area contributed by atoms with E-state index in [-0.39, 0.29) is 24.1 Å². The van der Waals surface area contributed by atoms with E-state index in [0.717, 1.165) is 47.1 Å². The first-order valence-corrected chi connectivity index (χ1v) is 14.2. The molecule has 2 aromatic carbocycles. The highest BCUT2D eigenvalue weighted by atomic mass is 32.2. The molecular formula is C29H33N3O3S. The molecule has 0 spiro atoms. The van der Waals surface area contributed by atoms with E-state index in [1.807, 2.05) is 12.1 Å². The summed E-state index contributed by atoms with van der Waals surface area (Å²) < 4.78 is 0. The minimum atomic E-state index is -0.577. The molecule has 6 nitrogen and oxygen atoms in total. The first kappa shape index (κ1) is 23.7. The van der Waals surface area contributed by atoms with Gasteiger partial charge in [-0.15, -0.1) is 11.8 Å². The molecule has 4 aliphatic rings. The highest BCUT2D eigenvalue weighted by Gasteiger charge is 2.40. The van der Waals surface area contributed by atoms with Gasteiger partial charge in [-0.05, 0) is 79.3 Å². The van der Waals surface area contributed by atoms with Crippen LogP contribution in [0.3, 0.4) is 0 Å². The fourth-order valence-corrected chi connectivity index (χ4v) is 7.59. The maximum absolute atomic E-state index is 13.0. The van der Waals surface area contributed by atoms with E-state index in [4.69, 9.17) is 0 Å². The fraction of sp³-hybridized carbons (Fsp3) is 0.483. The largest absolute Gasteiger partial charge is 0.322 e. The van der Waals surface area contributed by atoms with Gasteiger partial charge in [-0.1, -0.05) is 36.8 Å². The number of hydrogen-bond acceptors (Lipinski definition) is 5. The van der Waals surface area contributed by atoms with Gasteiger partial charge in [0.15, 0.2) is 0 Å². The van der Waals surface area contributed by atoms with Crippen molar-refractivity contribution in [1.29, 1.82) is 0 Å². The van der Waals surface area contributed by atoms with Crippen molar-refractivity contribution in [1.82, 2.24) is 15.5 Å². The van der Waals surface area contributed by atoms with Crippen molar-refractivity contribution in [3.63, 3.8) is 0 Å². The van der Waals surface area contributed by atoms with Gasteiger partial charge < -0.3 is 10.2 Å². The molecule has 7 heteroatoms. The van der Waals surface area contributed by atoms with Crippen LogP contribution in [0.25, 0.3) is 0 Å². The minimum absolute atomic E-state index is 0.120. The lowest BCUT2D eigenvalue weighted by molar-refractivity contribution is -0.136. The van der Waals surface area contributed by atoms with Crippen LogP contribution >= 0.6 is 11.8 Å². The van der Waals surface area contributed by atoms with Crippen LogP contribution in [-0.2, 0) is 28.3 Å². The third kappa shape index (κ3) is 4.71. The highest BCUT2D eigenvalue weighted by molar-refractivity contribution is 7.98. The van der Waals surface area contributed by atoms with E-state index in [0.29, 0.717) is 18.5 Å². The first-order valence-electron chi connectivity index (χ1n) is 13.3. The second-order valence-corrected chi connectivity index (χ2v) is 11.8. The molecule has 2 bridgehead atoms. The summed E-state index contributed by atoms with van der Waals surface area (Å²) in [5.74, 6) is 1.97. The number of hydrogen-bond donors (Lipinski definition) is 2. The second kappa shape index (κ2) is 10.0. The number of nitrogens with one attached hydrogen (secondary N) is 2. The van der Waals surface area contributed by atoms with E-state index in [1.54, 1.807) is 16.7 Å². The lowest BCUT2D eigenvalue weighted by Crippen LogP contribution is -2.52. The van der Waals surface area contributed by atoms with Crippen molar-refractivity contribution >= 4 is 29.5 Å². The molecule has 0 radical (unpaired) electrons. The Labute approximate surface area is 216 Å². The summed E-state index contributed by atoms with van der Waals surface area (Å²) in [4.78, 5) is 39.6. The molecular weight excluding hydrogens is 470 g/mol. The number of nitrogens with zero attached hydrogens (tertiary/aromatic N) is 1. The Kier molecular flexibility index (Phi) is 6.61. The van der Waals surface area contributed by atoms with Crippen molar-refractivity contribution in [3.05, 3.63) is 64.7 Å². The summed E-state index contributed by atoms with van der Waals surface area (Å²) in [6.45, 7) is 1.47. The molecule has 188 valence electrons. The summed E-state index contributed by atoms with van der Waals surface area (Å²) >= 11 is 1.73. The van der Waals surface area contributed by atoms with E-state index in [2.05, 4.69) is 41.0 Å². The van der Waals surface area contributed by atoms with Gasteiger partial charge in [0.25, 0.3) is 5.91 Å². The van der Waals surface area contributed by atoms with Crippen molar-refractivity contribution in [2.75, 3.05) is 6.54 Å². The van der Waals surface area contributed by atoms with Gasteiger partial charge in [0, 0.05) is 35.2 Å². The first-order chi connectivity index (χ1) is 17.5. The molecule has 3 amide bonds. The third-order valence-electron chi connectivity index (χ3n) is 8.51. The summed E-state index contributed by atoms with van der Waals surface area (Å²) in [5, 5.41) is 6.18. The van der Waals surface area contributed by atoms with Crippen LogP contribution < -0.4 is 10.6 Å². The highest BCUT2D eigenvalue weighted by Crippen LogP contribution is 2.44. The Balaban J connectivity index is 1.03. The number of thioether (sulfide) groups is 1. The maximum Gasteiger partial charge on any atom is 0.255 e. The van der Waals surface area contributed by atoms with Crippen LogP contribution in [-0.4, -0.2) is 41.2 Å². The molecule has 0 aromatic heterocycles. The second-order valence-electron chi connectivity index (χ2n) is 10.8. The van der Waals surface area contributed by atoms with Crippen molar-refractivity contribution < 1.29 is 14.4 Å². The average molecular weight is 504 g/mol. The van der Waals surface area contributed by atoms with Gasteiger partial charge in [-0.2, -0.15) is 0 Å². The minimum Gasteiger partial charge on any atom is -0.322 e. The Morgan fingerprint density at radius 2 is 1.81 bits per heavy atom. The van der Waals surface area contributed by atoms with Crippen molar-refractivity contribution in [3.8, 4) is 0 Å². The number of piperidine rings is 1. The Bertz CT molecular complexity index is 1180. The van der Waals surface area contributed by atoms with Crippen LogP contribution in [0, 0.1) is 11.8 Å². The summed E-state index contributed by atoms with van der Waals surface area (Å²) in [7, 11) is 0. The van der Waals surface area contributed by atoms with Crippen molar-refractivity contribution in [2.45, 2.75) is 74.2 Å². The number of rotatable bonds is 8. The van der Waals surface area contributed by atoms with E-state index in [1.165, 1.54) is 36.8 Å². The van der Waals surface area contributed by atoms with E-state index >= 15 is 0 Å². The Morgan fingerprint density at radius 1 is 0.972 bits per heavy atom. The quantitative estimate of drug-likeness (QED) is 0.420. The monoisotopic (exact) mass is 503 g/mol. The standard InChI is InChI=1S/C29H33N3O3S/c33-27-11-10-25(28(34)31-27)32-16-23-22(29(32)35)2-1-3-26(23)36-17-19-6-4-18(5-7-19)12-13-30-24-15-20-8-9-21(24)14-20/h1-7,20-21,24-25,30H,8-17H2,(H,31,33,34)/t20-,21+,24-,25?/m0/s1. The fourth-order valence-electron chi connectivity index (χ4n) is 6.55. The summed E-state index contributed by atoms with van der Waals surface area (Å²) in [6.07, 6.45) is 7.40. The van der Waals surface area contributed by atoms with Gasteiger partial charge in [0.2, 0.25) is 11.8 Å². The van der Waals surface area contributed by atoms with Crippen LogP contribution in [0.4, 0.5) is 0 Å². The predicted octanol–water partition coefficient (Wildman–Crippen LogP) is 4.06. The van der Waals surface area contributed by atoms with E-state index in [9.17, 15) is 14.4 Å². The molecule has 1 saturated heterocycles. The van der Waals surface area contributed by atoms with Crippen LogP contribution in [0.1, 0.15) is 65.6 Å². The van der Waals surface area contributed by atoms with Gasteiger partial charge in [-0.25, -0.2) is 0 Å². The lowest BCUT2D eigenvalue weighted by atomic mass is 9.95. The number of benzene rings is 2. The molecule has 36 heavy (non-hydrogen) atoms. The number of carbonyl (C=O) groups excluding carboxylic acids is 3. The molecule has 2 N–H and O–H groups in total. The van der Waals surface area contributed by atoms with Crippen molar-refractivity contribution in [2.24, 2.45) is 11.8 Å². The lowest BCUT2D eigenvalue weighted by Gasteiger charge is -2.29. The topological polar surface area (TPSA) is 78.5 Å². The summed E-state index contributed by atoms with van der Waals surface area (Å²) in [6, 6.07) is 14.9. The maximum atomic E-state index is 13.0. The zero-order chi connectivity index (χ0) is 24.6. The SMILES string of the molecule is O=C1CCC(N2Cc3c(SCc4ccc(CCN[C@H]5C[C@H]6CC[C@@H]5C6)cc4)cccc3C2=O)C(=O)N1. The van der Waals surface area contributed by atoms with Gasteiger partial charge in [0.05, 0.1) is 0 Å². The zero-order valence-corrected chi connectivity index (χ0v) is 21.3. The van der Waals surface area contributed by atoms with Gasteiger partial charge in [0.1, 0.15) is 6.04 Å². The molecule has 3 fully saturated rings. The Hall–Kier alpha value is -2.64. The number of amides is 3. The van der Waals surface area contributed by atoms with E-state index < -0.39 is 6.04 Å². The van der Waals surface area contributed by atoms with Gasteiger partial charge >= 0.3 is 0 Å². The third-order valence-corrected chi connectivity index (χ3v) is 9.69. The smallest absolute Gasteiger partial charge is 0.255 e. The molecule has 2 aliphatic carbocycles. The van der Waals surface area contributed by atoms with Crippen LogP contribution in [0.15, 0.2) is 47.4 Å². The molecule has 2 aliphatic heterocycles. The molecule has 4 atom stereocenters. The van der Waals surface area contributed by atoms with Gasteiger partial charge in [-0.3, -0.25) is 19.7 Å². The number of imide groups is 1. The number of fused-ring (bicyclic) bond motifs is 3. The Morgan fingerprint density at radius 3 is 2.56 bits per heavy atom. The molecule has 2 saturated carbocycles. The summed E-state index contributed by atoms with van der Waals surface area (Å²) in [5.41, 5.74) is 4.28. The molecule has 2 aromatic rings. The molecule has 2 heterocycles. The van der Waals surface area contributed by atoms with Crippen LogP contribution in [0.5, 0.6) is 0 Å². The number of carbonyl (C=O) groups is 3. The van der Waals surface area contributed by atoms with Crippen LogP contribution in [0.2, 0.25) is 0 Å². The molecule has 6 rings (SSSR count). The average Bonchev–Trinajstić information content (AvgIpc) is 3.59. The predicted molar refractivity (Wildman–Crippen MR) is 139 cm³/mol. The zero-order valence-electron chi connectivity index (χ0n) is 20.5.